The minimum atomic E-state index is -5.99. The summed E-state index contributed by atoms with van der Waals surface area (Å²) in [6.45, 7) is 0. The van der Waals surface area contributed by atoms with Crippen molar-refractivity contribution in [3.05, 3.63) is 0 Å². The van der Waals surface area contributed by atoms with E-state index in [-0.39, 0.29) is 0 Å². The molecule has 74 valence electrons. The lowest BCUT2D eigenvalue weighted by Crippen LogP contribution is -2.33. The molecule has 0 radical (unpaired) electrons. The maximum atomic E-state index is 11.9. The summed E-state index contributed by atoms with van der Waals surface area (Å²) in [7, 11) is -5.99. The molecule has 3 nitrogen and oxygen atoms in total. The standard InChI is InChI=1S/C3H3F5O3S/c4-2(5,6)1-3(7,8)12(9,10)11/h1H2,(H,9,10,11). The first-order valence-corrected chi connectivity index (χ1v) is 3.81. The van der Waals surface area contributed by atoms with Gasteiger partial charge < -0.3 is 0 Å². The highest BCUT2D eigenvalue weighted by Gasteiger charge is 2.52. The average molecular weight is 214 g/mol. The molecule has 0 bridgehead atoms. The Morgan fingerprint density at radius 1 is 1.08 bits per heavy atom. The highest BCUT2D eigenvalue weighted by molar-refractivity contribution is 7.86. The van der Waals surface area contributed by atoms with E-state index < -0.39 is 28.0 Å². The predicted octanol–water partition coefficient (Wildman–Crippen LogP) is 1.42. The Hall–Kier alpha value is -0.440. The van der Waals surface area contributed by atoms with Crippen molar-refractivity contribution in [3.63, 3.8) is 0 Å². The Balaban J connectivity index is 4.68. The smallest absolute Gasteiger partial charge is 0.281 e. The Labute approximate surface area is 63.9 Å². The lowest BCUT2D eigenvalue weighted by atomic mass is 10.4. The molecule has 0 unspecified atom stereocenters. The van der Waals surface area contributed by atoms with Crippen LogP contribution in [0, 0.1) is 0 Å². The van der Waals surface area contributed by atoms with E-state index >= 15 is 0 Å². The van der Waals surface area contributed by atoms with Gasteiger partial charge in [-0.2, -0.15) is 30.4 Å². The van der Waals surface area contributed by atoms with E-state index in [0.29, 0.717) is 0 Å². The largest absolute Gasteiger partial charge is 0.396 e. The SMILES string of the molecule is O=S(=O)(O)C(F)(F)CC(F)(F)F. The summed E-state index contributed by atoms with van der Waals surface area (Å²) in [5, 5.41) is -5.18. The van der Waals surface area contributed by atoms with Crippen LogP contribution < -0.4 is 0 Å². The molecule has 0 fully saturated rings. The number of alkyl halides is 5. The van der Waals surface area contributed by atoms with Crippen molar-refractivity contribution < 1.29 is 34.9 Å². The minimum absolute atomic E-state index is 2.89. The second-order valence-electron chi connectivity index (χ2n) is 1.90. The van der Waals surface area contributed by atoms with Crippen molar-refractivity contribution in [2.75, 3.05) is 0 Å². The van der Waals surface area contributed by atoms with E-state index in [0.717, 1.165) is 0 Å². The molecule has 0 aliphatic carbocycles. The monoisotopic (exact) mass is 214 g/mol. The second kappa shape index (κ2) is 2.80. The lowest BCUT2D eigenvalue weighted by Gasteiger charge is -2.14. The molecule has 9 heteroatoms. The Bertz CT molecular complexity index is 252. The van der Waals surface area contributed by atoms with E-state index in [1.807, 2.05) is 0 Å². The lowest BCUT2D eigenvalue weighted by molar-refractivity contribution is -0.168. The van der Waals surface area contributed by atoms with Crippen molar-refractivity contribution >= 4 is 10.1 Å². The predicted molar refractivity (Wildman–Crippen MR) is 27.2 cm³/mol. The second-order valence-corrected chi connectivity index (χ2v) is 3.45. The summed E-state index contributed by atoms with van der Waals surface area (Å²) in [4.78, 5) is 0. The Morgan fingerprint density at radius 2 is 1.42 bits per heavy atom. The Morgan fingerprint density at radius 3 is 1.50 bits per heavy atom. The van der Waals surface area contributed by atoms with Crippen LogP contribution in [0.2, 0.25) is 0 Å². The van der Waals surface area contributed by atoms with E-state index in [4.69, 9.17) is 4.55 Å². The molecule has 1 N–H and O–H groups in total. The molecule has 0 aliphatic heterocycles. The summed E-state index contributed by atoms with van der Waals surface area (Å²) in [6, 6.07) is 0. The van der Waals surface area contributed by atoms with Gasteiger partial charge >= 0.3 is 21.5 Å². The van der Waals surface area contributed by atoms with E-state index in [1.165, 1.54) is 0 Å². The number of halogens is 5. The van der Waals surface area contributed by atoms with Crippen molar-refractivity contribution in [3.8, 4) is 0 Å². The molecule has 0 saturated carbocycles. The van der Waals surface area contributed by atoms with Crippen LogP contribution in [-0.4, -0.2) is 24.4 Å². The topological polar surface area (TPSA) is 54.4 Å². The zero-order valence-electron chi connectivity index (χ0n) is 5.27. The molecule has 0 saturated heterocycles. The summed E-state index contributed by atoms with van der Waals surface area (Å²) in [5.74, 6) is 0. The third-order valence-electron chi connectivity index (χ3n) is 0.784. The van der Waals surface area contributed by atoms with Crippen molar-refractivity contribution in [2.45, 2.75) is 17.9 Å². The van der Waals surface area contributed by atoms with Gasteiger partial charge in [0.05, 0.1) is 0 Å². The van der Waals surface area contributed by atoms with Gasteiger partial charge in [0, 0.05) is 0 Å². The van der Waals surface area contributed by atoms with E-state index in [2.05, 4.69) is 0 Å². The third-order valence-corrected chi connectivity index (χ3v) is 1.68. The summed E-state index contributed by atoms with van der Waals surface area (Å²) < 4.78 is 84.3. The van der Waals surface area contributed by atoms with Crippen molar-refractivity contribution in [1.29, 1.82) is 0 Å². The zero-order valence-corrected chi connectivity index (χ0v) is 6.09. The normalized spacial score (nSPS) is 14.8. The van der Waals surface area contributed by atoms with Crippen molar-refractivity contribution in [2.24, 2.45) is 0 Å². The van der Waals surface area contributed by atoms with Crippen LogP contribution in [0.3, 0.4) is 0 Å². The van der Waals surface area contributed by atoms with E-state index in [9.17, 15) is 30.4 Å². The van der Waals surface area contributed by atoms with Gasteiger partial charge in [0.1, 0.15) is 6.42 Å². The van der Waals surface area contributed by atoms with Gasteiger partial charge in [0.15, 0.2) is 0 Å². The summed E-state index contributed by atoms with van der Waals surface area (Å²) in [6.07, 6.45) is -8.24. The first-order valence-electron chi connectivity index (χ1n) is 2.37. The van der Waals surface area contributed by atoms with Gasteiger partial charge in [0.2, 0.25) is 0 Å². The van der Waals surface area contributed by atoms with Gasteiger partial charge in [-0.15, -0.1) is 0 Å². The molecule has 0 amide bonds. The molecular formula is C3H3F5O3S. The molecule has 0 atom stereocenters. The van der Waals surface area contributed by atoms with E-state index in [1.54, 1.807) is 0 Å². The number of hydrogen-bond donors (Lipinski definition) is 1. The Kier molecular flexibility index (Phi) is 2.70. The molecule has 0 aromatic carbocycles. The van der Waals surface area contributed by atoms with Crippen molar-refractivity contribution in [1.82, 2.24) is 0 Å². The maximum Gasteiger partial charge on any atom is 0.396 e. The highest BCUT2D eigenvalue weighted by Crippen LogP contribution is 2.34. The minimum Gasteiger partial charge on any atom is -0.281 e. The van der Waals surface area contributed by atoms with Gasteiger partial charge in [-0.05, 0) is 0 Å². The zero-order chi connectivity index (χ0) is 10.2. The fraction of sp³-hybridized carbons (Fsp3) is 1.00. The molecular weight excluding hydrogens is 211 g/mol. The van der Waals surface area contributed by atoms with Crippen LogP contribution in [0.4, 0.5) is 22.0 Å². The molecule has 0 aliphatic rings. The van der Waals surface area contributed by atoms with Crippen LogP contribution >= 0.6 is 0 Å². The fourth-order valence-corrected chi connectivity index (χ4v) is 0.671. The van der Waals surface area contributed by atoms with Gasteiger partial charge in [-0.25, -0.2) is 0 Å². The first kappa shape index (κ1) is 11.6. The van der Waals surface area contributed by atoms with Crippen LogP contribution in [0.25, 0.3) is 0 Å². The van der Waals surface area contributed by atoms with Crippen LogP contribution in [-0.2, 0) is 10.1 Å². The van der Waals surface area contributed by atoms with Gasteiger partial charge in [-0.1, -0.05) is 0 Å². The molecule has 0 rings (SSSR count). The molecule has 0 aromatic rings. The summed E-state index contributed by atoms with van der Waals surface area (Å²) >= 11 is 0. The van der Waals surface area contributed by atoms with Crippen LogP contribution in [0.15, 0.2) is 0 Å². The fourth-order valence-electron chi connectivity index (χ4n) is 0.325. The van der Waals surface area contributed by atoms with Crippen LogP contribution in [0.5, 0.6) is 0 Å². The van der Waals surface area contributed by atoms with Gasteiger partial charge in [-0.3, -0.25) is 4.55 Å². The first-order chi connectivity index (χ1) is 4.96. The van der Waals surface area contributed by atoms with Gasteiger partial charge in [0.25, 0.3) is 0 Å². The average Bonchev–Trinajstić information content (AvgIpc) is 1.52. The van der Waals surface area contributed by atoms with Crippen LogP contribution in [0.1, 0.15) is 6.42 Å². The molecule has 0 aromatic heterocycles. The quantitative estimate of drug-likeness (QED) is 0.558. The molecule has 12 heavy (non-hydrogen) atoms. The number of rotatable bonds is 2. The summed E-state index contributed by atoms with van der Waals surface area (Å²) in [5.41, 5.74) is 0. The molecule has 0 spiro atoms. The highest BCUT2D eigenvalue weighted by atomic mass is 32.2. The number of hydrogen-bond acceptors (Lipinski definition) is 2. The third kappa shape index (κ3) is 3.30. The molecule has 0 heterocycles. The maximum absolute atomic E-state index is 11.9.